The highest BCUT2D eigenvalue weighted by molar-refractivity contribution is 5.99. The maximum Gasteiger partial charge on any atom is 0.254 e. The molecule has 2 aromatic carbocycles. The van der Waals surface area contributed by atoms with Crippen molar-refractivity contribution in [3.05, 3.63) is 75.4 Å². The normalized spacial score (nSPS) is 20.2. The van der Waals surface area contributed by atoms with E-state index in [0.29, 0.717) is 24.1 Å². The van der Waals surface area contributed by atoms with E-state index in [1.54, 1.807) is 10.7 Å². The quantitative estimate of drug-likeness (QED) is 0.595. The van der Waals surface area contributed by atoms with E-state index in [1.165, 1.54) is 0 Å². The number of aliphatic hydroxyl groups excluding tert-OH is 1. The van der Waals surface area contributed by atoms with E-state index in [-0.39, 0.29) is 17.8 Å². The van der Waals surface area contributed by atoms with Crippen molar-refractivity contribution in [3.8, 4) is 11.1 Å². The van der Waals surface area contributed by atoms with E-state index in [2.05, 4.69) is 18.9 Å². The van der Waals surface area contributed by atoms with Crippen LogP contribution in [0.4, 0.5) is 4.39 Å². The average Bonchev–Trinajstić information content (AvgIpc) is 3.32. The predicted octanol–water partition coefficient (Wildman–Crippen LogP) is 5.00. The third kappa shape index (κ3) is 3.84. The van der Waals surface area contributed by atoms with E-state index in [4.69, 9.17) is 0 Å². The molecule has 0 bridgehead atoms. The third-order valence-electron chi connectivity index (χ3n) is 7.81. The first-order valence-corrected chi connectivity index (χ1v) is 12.1. The fourth-order valence-electron chi connectivity index (χ4n) is 5.68. The largest absolute Gasteiger partial charge is 0.391 e. The molecule has 1 aromatic heterocycles. The lowest BCUT2D eigenvalue weighted by Gasteiger charge is -2.35. The van der Waals surface area contributed by atoms with Gasteiger partial charge in [0, 0.05) is 37.3 Å². The van der Waals surface area contributed by atoms with Gasteiger partial charge in [0.2, 0.25) is 0 Å². The molecule has 1 aliphatic carbocycles. The Morgan fingerprint density at radius 3 is 2.50 bits per heavy atom. The van der Waals surface area contributed by atoms with E-state index < -0.39 is 6.10 Å². The monoisotopic (exact) mass is 461 g/mol. The number of nitrogens with zero attached hydrogens (tertiary/aromatic N) is 3. The summed E-state index contributed by atoms with van der Waals surface area (Å²) >= 11 is 0. The van der Waals surface area contributed by atoms with Gasteiger partial charge in [0.1, 0.15) is 5.82 Å². The van der Waals surface area contributed by atoms with Gasteiger partial charge in [-0.3, -0.25) is 9.48 Å². The Hall–Kier alpha value is -2.99. The second-order valence-electron chi connectivity index (χ2n) is 9.95. The minimum Gasteiger partial charge on any atom is -0.391 e. The number of aromatic nitrogens is 2. The van der Waals surface area contributed by atoms with Crippen LogP contribution in [-0.4, -0.2) is 37.8 Å². The Morgan fingerprint density at radius 1 is 1.06 bits per heavy atom. The zero-order valence-electron chi connectivity index (χ0n) is 20.4. The minimum atomic E-state index is -0.455. The standard InChI is InChI=1S/C28H32FN3O2/c1-16-17(2)23-15-32(26-7-5-6-8-27(26)33)28(34)22(23)12-21(16)11-20-10-9-19(13-25(20)29)24-14-31(4)30-18(24)3/h9-10,12-14,26-27,33H,5-8,11,15H2,1-4H3/t26-,27-/m0/s1. The molecule has 0 unspecified atom stereocenters. The highest BCUT2D eigenvalue weighted by Crippen LogP contribution is 2.36. The Kier molecular flexibility index (Phi) is 5.80. The molecule has 1 saturated carbocycles. The number of aliphatic hydroxyl groups is 1. The van der Waals surface area contributed by atoms with Crippen molar-refractivity contribution in [3.63, 3.8) is 0 Å². The molecule has 34 heavy (non-hydrogen) atoms. The first-order valence-electron chi connectivity index (χ1n) is 12.1. The summed E-state index contributed by atoms with van der Waals surface area (Å²) in [5.74, 6) is -0.259. The molecule has 1 N–H and O–H groups in total. The summed E-state index contributed by atoms with van der Waals surface area (Å²) in [6.45, 7) is 6.58. The highest BCUT2D eigenvalue weighted by atomic mass is 19.1. The molecule has 0 saturated heterocycles. The lowest BCUT2D eigenvalue weighted by atomic mass is 9.90. The number of halogens is 1. The van der Waals surface area contributed by atoms with Gasteiger partial charge in [-0.1, -0.05) is 25.0 Å². The molecule has 1 fully saturated rings. The van der Waals surface area contributed by atoms with Crippen LogP contribution in [0.2, 0.25) is 0 Å². The smallest absolute Gasteiger partial charge is 0.254 e. The van der Waals surface area contributed by atoms with Crippen molar-refractivity contribution in [2.75, 3.05) is 0 Å². The molecule has 178 valence electrons. The third-order valence-corrected chi connectivity index (χ3v) is 7.81. The number of amides is 1. The average molecular weight is 462 g/mol. The molecule has 5 rings (SSSR count). The van der Waals surface area contributed by atoms with Crippen molar-refractivity contribution in [1.82, 2.24) is 14.7 Å². The molecule has 2 aliphatic rings. The molecule has 3 aromatic rings. The Balaban J connectivity index is 1.44. The van der Waals surface area contributed by atoms with Crippen LogP contribution in [0, 0.1) is 26.6 Å². The summed E-state index contributed by atoms with van der Waals surface area (Å²) in [5.41, 5.74) is 8.13. The summed E-state index contributed by atoms with van der Waals surface area (Å²) < 4.78 is 16.9. The Bertz CT molecular complexity index is 1280. The van der Waals surface area contributed by atoms with Crippen molar-refractivity contribution in [2.24, 2.45) is 7.05 Å². The van der Waals surface area contributed by atoms with Crippen molar-refractivity contribution in [1.29, 1.82) is 0 Å². The summed E-state index contributed by atoms with van der Waals surface area (Å²) in [7, 11) is 1.86. The number of fused-ring (bicyclic) bond motifs is 1. The van der Waals surface area contributed by atoms with Crippen LogP contribution < -0.4 is 0 Å². The van der Waals surface area contributed by atoms with Gasteiger partial charge in [-0.05, 0) is 79.1 Å². The van der Waals surface area contributed by atoms with Crippen molar-refractivity contribution < 1.29 is 14.3 Å². The zero-order valence-corrected chi connectivity index (χ0v) is 20.4. The molecule has 6 heteroatoms. The van der Waals surface area contributed by atoms with Crippen LogP contribution in [-0.2, 0) is 20.0 Å². The topological polar surface area (TPSA) is 58.4 Å². The van der Waals surface area contributed by atoms with Gasteiger partial charge in [-0.25, -0.2) is 4.39 Å². The van der Waals surface area contributed by atoms with E-state index in [9.17, 15) is 9.90 Å². The van der Waals surface area contributed by atoms with E-state index in [1.807, 2.05) is 43.3 Å². The number of hydrogen-bond donors (Lipinski definition) is 1. The number of rotatable bonds is 4. The van der Waals surface area contributed by atoms with E-state index >= 15 is 4.39 Å². The first-order chi connectivity index (χ1) is 16.2. The molecular formula is C28H32FN3O2. The fourth-order valence-corrected chi connectivity index (χ4v) is 5.68. The van der Waals surface area contributed by atoms with Gasteiger partial charge in [-0.2, -0.15) is 5.10 Å². The van der Waals surface area contributed by atoms with Crippen LogP contribution in [0.25, 0.3) is 11.1 Å². The number of benzene rings is 2. The van der Waals surface area contributed by atoms with Crippen molar-refractivity contribution in [2.45, 2.75) is 71.6 Å². The van der Waals surface area contributed by atoms with Gasteiger partial charge in [0.25, 0.3) is 5.91 Å². The van der Waals surface area contributed by atoms with Gasteiger partial charge in [0.15, 0.2) is 0 Å². The number of carbonyl (C=O) groups excluding carboxylic acids is 1. The number of aryl methyl sites for hydroxylation is 2. The van der Waals surface area contributed by atoms with Crippen LogP contribution in [0.5, 0.6) is 0 Å². The van der Waals surface area contributed by atoms with Crippen molar-refractivity contribution >= 4 is 5.91 Å². The maximum atomic E-state index is 15.2. The molecule has 0 radical (unpaired) electrons. The molecule has 2 atom stereocenters. The Morgan fingerprint density at radius 2 is 1.82 bits per heavy atom. The zero-order chi connectivity index (χ0) is 24.1. The molecule has 2 heterocycles. The SMILES string of the molecule is Cc1nn(C)cc1-c1ccc(Cc2cc3c(c(C)c2C)CN([C@H]2CCCC[C@@H]2O)C3=O)c(F)c1. The number of hydrogen-bond acceptors (Lipinski definition) is 3. The predicted molar refractivity (Wildman–Crippen MR) is 130 cm³/mol. The minimum absolute atomic E-state index is 0.00632. The van der Waals surface area contributed by atoms with Gasteiger partial charge < -0.3 is 10.0 Å². The summed E-state index contributed by atoms with van der Waals surface area (Å²) in [6, 6.07) is 7.19. The molecular weight excluding hydrogens is 429 g/mol. The molecule has 5 nitrogen and oxygen atoms in total. The van der Waals surface area contributed by atoms with Crippen LogP contribution in [0.1, 0.15) is 69.6 Å². The fraction of sp³-hybridized carbons (Fsp3) is 0.429. The lowest BCUT2D eigenvalue weighted by molar-refractivity contribution is 0.0191. The maximum absolute atomic E-state index is 15.2. The van der Waals surface area contributed by atoms with Gasteiger partial charge in [-0.15, -0.1) is 0 Å². The van der Waals surface area contributed by atoms with Crippen LogP contribution in [0.3, 0.4) is 0 Å². The second-order valence-corrected chi connectivity index (χ2v) is 9.95. The summed E-state index contributed by atoms with van der Waals surface area (Å²) in [6.07, 6.45) is 5.53. The van der Waals surface area contributed by atoms with Crippen LogP contribution >= 0.6 is 0 Å². The summed E-state index contributed by atoms with van der Waals surface area (Å²) in [5, 5.41) is 14.9. The summed E-state index contributed by atoms with van der Waals surface area (Å²) in [4.78, 5) is 15.2. The second kappa shape index (κ2) is 8.66. The number of carbonyl (C=O) groups is 1. The van der Waals surface area contributed by atoms with Gasteiger partial charge >= 0.3 is 0 Å². The molecule has 1 amide bonds. The van der Waals surface area contributed by atoms with E-state index in [0.717, 1.165) is 64.8 Å². The van der Waals surface area contributed by atoms with Gasteiger partial charge in [0.05, 0.1) is 17.8 Å². The molecule has 0 spiro atoms. The lowest BCUT2D eigenvalue weighted by Crippen LogP contribution is -2.45. The Labute approximate surface area is 200 Å². The van der Waals surface area contributed by atoms with Crippen LogP contribution in [0.15, 0.2) is 30.5 Å². The first kappa shape index (κ1) is 22.8. The molecule has 1 aliphatic heterocycles. The highest BCUT2D eigenvalue weighted by Gasteiger charge is 2.38.